The number of benzene rings is 2. The lowest BCUT2D eigenvalue weighted by Gasteiger charge is -2.15. The Balaban J connectivity index is 1.76. The Labute approximate surface area is 182 Å². The van der Waals surface area contributed by atoms with E-state index in [-0.39, 0.29) is 22.7 Å². The largest absolute Gasteiger partial charge is 0.483 e. The van der Waals surface area contributed by atoms with E-state index in [2.05, 4.69) is 36.1 Å². The summed E-state index contributed by atoms with van der Waals surface area (Å²) < 4.78 is 50.9. The van der Waals surface area contributed by atoms with Crippen LogP contribution >= 0.6 is 15.9 Å². The molecule has 2 aromatic carbocycles. The molecule has 0 aliphatic rings. The average molecular weight is 499 g/mol. The van der Waals surface area contributed by atoms with Crippen molar-refractivity contribution in [1.29, 1.82) is 0 Å². The second-order valence-corrected chi connectivity index (χ2v) is 6.90. The first-order valence-corrected chi connectivity index (χ1v) is 9.35. The molecule has 0 radical (unpaired) electrons. The van der Waals surface area contributed by atoms with Crippen LogP contribution in [0.5, 0.6) is 5.75 Å². The molecule has 3 rings (SSSR count). The maximum absolute atomic E-state index is 13.1. The molecule has 3 aromatic rings. The van der Waals surface area contributed by atoms with Crippen molar-refractivity contribution in [3.05, 3.63) is 64.7 Å². The highest BCUT2D eigenvalue weighted by atomic mass is 79.9. The maximum atomic E-state index is 13.1. The van der Waals surface area contributed by atoms with Crippen molar-refractivity contribution in [3.8, 4) is 11.4 Å². The van der Waals surface area contributed by atoms with Crippen LogP contribution in [-0.2, 0) is 15.7 Å². The van der Waals surface area contributed by atoms with Crippen LogP contribution in [0.1, 0.15) is 15.9 Å². The first kappa shape index (κ1) is 22.3. The van der Waals surface area contributed by atoms with Crippen molar-refractivity contribution in [2.75, 3.05) is 19.0 Å². The minimum absolute atomic E-state index is 0.117. The molecule has 1 heterocycles. The normalized spacial score (nSPS) is 11.1. The van der Waals surface area contributed by atoms with E-state index in [0.29, 0.717) is 4.47 Å². The monoisotopic (exact) mass is 498 g/mol. The Kier molecular flexibility index (Phi) is 6.59. The van der Waals surface area contributed by atoms with Gasteiger partial charge in [0.2, 0.25) is 0 Å². The molecule has 0 spiro atoms. The molecular weight excluding hydrogens is 485 g/mol. The predicted octanol–water partition coefficient (Wildman–Crippen LogP) is 3.85. The third-order valence-electron chi connectivity index (χ3n) is 3.98. The van der Waals surface area contributed by atoms with E-state index >= 15 is 0 Å². The fourth-order valence-corrected chi connectivity index (χ4v) is 3.03. The summed E-state index contributed by atoms with van der Waals surface area (Å²) in [6.07, 6.45) is -2.10. The van der Waals surface area contributed by atoms with Gasteiger partial charge in [0.25, 0.3) is 5.91 Å². The molecule has 1 aromatic heterocycles. The smallest absolute Gasteiger partial charge is 0.416 e. The van der Waals surface area contributed by atoms with E-state index in [9.17, 15) is 22.8 Å². The number of nitrogens with zero attached hydrogens (tertiary/aromatic N) is 3. The van der Waals surface area contributed by atoms with E-state index in [1.54, 1.807) is 0 Å². The number of aromatic nitrogens is 3. The zero-order valence-electron chi connectivity index (χ0n) is 15.8. The van der Waals surface area contributed by atoms with E-state index in [1.165, 1.54) is 48.7 Å². The first-order chi connectivity index (χ1) is 14.7. The Morgan fingerprint density at radius 3 is 2.58 bits per heavy atom. The van der Waals surface area contributed by atoms with Crippen LogP contribution < -0.4 is 10.1 Å². The average Bonchev–Trinajstić information content (AvgIpc) is 3.26. The van der Waals surface area contributed by atoms with Gasteiger partial charge >= 0.3 is 12.1 Å². The SMILES string of the molecule is COC(=O)c1ccc(OCC(=O)Nc2cc(C(F)(F)F)ccc2-n2cncn2)c(Br)c1. The molecule has 31 heavy (non-hydrogen) atoms. The Hall–Kier alpha value is -3.41. The van der Waals surface area contributed by atoms with Gasteiger partial charge in [-0.05, 0) is 52.3 Å². The molecule has 8 nitrogen and oxygen atoms in total. The number of carbonyl (C=O) groups is 2. The number of esters is 1. The predicted molar refractivity (Wildman–Crippen MR) is 106 cm³/mol. The minimum atomic E-state index is -4.59. The van der Waals surface area contributed by atoms with E-state index in [0.717, 1.165) is 12.1 Å². The van der Waals surface area contributed by atoms with Crippen LogP contribution in [0.3, 0.4) is 0 Å². The first-order valence-electron chi connectivity index (χ1n) is 8.56. The number of carbonyl (C=O) groups excluding carboxylic acids is 2. The number of hydrogen-bond acceptors (Lipinski definition) is 6. The highest BCUT2D eigenvalue weighted by molar-refractivity contribution is 9.10. The number of anilines is 1. The lowest BCUT2D eigenvalue weighted by Crippen LogP contribution is -2.22. The van der Waals surface area contributed by atoms with Crippen molar-refractivity contribution in [2.45, 2.75) is 6.18 Å². The standard InChI is InChI=1S/C19H14BrF3N4O4/c1-30-18(29)11-2-5-16(13(20)6-11)31-8-17(28)26-14-7-12(19(21,22)23)3-4-15(14)27-10-24-9-25-27/h2-7,9-10H,8H2,1H3,(H,26,28). The lowest BCUT2D eigenvalue weighted by atomic mass is 10.1. The summed E-state index contributed by atoms with van der Waals surface area (Å²) in [5, 5.41) is 6.28. The van der Waals surface area contributed by atoms with E-state index in [4.69, 9.17) is 4.74 Å². The molecular formula is C19H14BrF3N4O4. The highest BCUT2D eigenvalue weighted by Gasteiger charge is 2.31. The number of nitrogens with one attached hydrogen (secondary N) is 1. The van der Waals surface area contributed by atoms with Gasteiger partial charge in [0, 0.05) is 0 Å². The molecule has 1 amide bonds. The summed E-state index contributed by atoms with van der Waals surface area (Å²) in [7, 11) is 1.24. The number of halogens is 4. The van der Waals surface area contributed by atoms with Crippen LogP contribution in [0.15, 0.2) is 53.5 Å². The fraction of sp³-hybridized carbons (Fsp3) is 0.158. The number of ether oxygens (including phenoxy) is 2. The van der Waals surface area contributed by atoms with E-state index in [1.807, 2.05) is 0 Å². The number of rotatable bonds is 6. The maximum Gasteiger partial charge on any atom is 0.416 e. The molecule has 0 saturated carbocycles. The summed E-state index contributed by atoms with van der Waals surface area (Å²) in [5.41, 5.74) is -0.585. The van der Waals surface area contributed by atoms with Crippen LogP contribution in [-0.4, -0.2) is 40.4 Å². The minimum Gasteiger partial charge on any atom is -0.483 e. The molecule has 1 N–H and O–H groups in total. The Bertz CT molecular complexity index is 1100. The van der Waals surface area contributed by atoms with Crippen molar-refractivity contribution in [1.82, 2.24) is 14.8 Å². The summed E-state index contributed by atoms with van der Waals surface area (Å²) in [6.45, 7) is -0.497. The topological polar surface area (TPSA) is 95.3 Å². The van der Waals surface area contributed by atoms with Gasteiger partial charge in [0.05, 0.1) is 34.1 Å². The van der Waals surface area contributed by atoms with Crippen molar-refractivity contribution >= 4 is 33.5 Å². The summed E-state index contributed by atoms with van der Waals surface area (Å²) in [6, 6.07) is 7.21. The Morgan fingerprint density at radius 2 is 1.97 bits per heavy atom. The molecule has 0 bridgehead atoms. The van der Waals surface area contributed by atoms with Gasteiger partial charge in [-0.2, -0.15) is 18.3 Å². The Morgan fingerprint density at radius 1 is 1.19 bits per heavy atom. The van der Waals surface area contributed by atoms with Gasteiger partial charge in [0.1, 0.15) is 18.4 Å². The molecule has 0 saturated heterocycles. The number of alkyl halides is 3. The molecule has 12 heteroatoms. The van der Waals surface area contributed by atoms with Gasteiger partial charge in [-0.3, -0.25) is 4.79 Å². The lowest BCUT2D eigenvalue weighted by molar-refractivity contribution is -0.137. The quantitative estimate of drug-likeness (QED) is 0.518. The summed E-state index contributed by atoms with van der Waals surface area (Å²) in [4.78, 5) is 27.6. The van der Waals surface area contributed by atoms with E-state index < -0.39 is 30.2 Å². The summed E-state index contributed by atoms with van der Waals surface area (Å²) in [5.74, 6) is -0.997. The molecule has 0 atom stereocenters. The number of hydrogen-bond donors (Lipinski definition) is 1. The fourth-order valence-electron chi connectivity index (χ4n) is 2.54. The summed E-state index contributed by atoms with van der Waals surface area (Å²) >= 11 is 3.22. The van der Waals surface area contributed by atoms with Gasteiger partial charge in [-0.1, -0.05) is 0 Å². The van der Waals surface area contributed by atoms with Crippen LogP contribution in [0, 0.1) is 0 Å². The van der Waals surface area contributed by atoms with Crippen molar-refractivity contribution in [3.63, 3.8) is 0 Å². The second kappa shape index (κ2) is 9.16. The van der Waals surface area contributed by atoms with Crippen molar-refractivity contribution < 1.29 is 32.2 Å². The van der Waals surface area contributed by atoms with Crippen LogP contribution in [0.2, 0.25) is 0 Å². The number of amides is 1. The zero-order chi connectivity index (χ0) is 22.6. The number of methoxy groups -OCH3 is 1. The highest BCUT2D eigenvalue weighted by Crippen LogP contribution is 2.33. The van der Waals surface area contributed by atoms with Crippen LogP contribution in [0.25, 0.3) is 5.69 Å². The molecule has 0 unspecified atom stereocenters. The van der Waals surface area contributed by atoms with Gasteiger partial charge < -0.3 is 14.8 Å². The van der Waals surface area contributed by atoms with Gasteiger partial charge in [-0.15, -0.1) is 0 Å². The van der Waals surface area contributed by atoms with Crippen LogP contribution in [0.4, 0.5) is 18.9 Å². The third kappa shape index (κ3) is 5.40. The second-order valence-electron chi connectivity index (χ2n) is 6.04. The molecule has 0 fully saturated rings. The molecule has 0 aliphatic carbocycles. The molecule has 162 valence electrons. The van der Waals surface area contributed by atoms with Gasteiger partial charge in [0.15, 0.2) is 6.61 Å². The van der Waals surface area contributed by atoms with Gasteiger partial charge in [-0.25, -0.2) is 14.5 Å². The van der Waals surface area contributed by atoms with Crippen molar-refractivity contribution in [2.24, 2.45) is 0 Å². The zero-order valence-corrected chi connectivity index (χ0v) is 17.4. The molecule has 0 aliphatic heterocycles. The third-order valence-corrected chi connectivity index (χ3v) is 4.59.